The molecule has 0 bridgehead atoms. The number of benzene rings is 1. The predicted octanol–water partition coefficient (Wildman–Crippen LogP) is 3.94. The van der Waals surface area contributed by atoms with Gasteiger partial charge in [0.2, 0.25) is 5.90 Å². The van der Waals surface area contributed by atoms with Crippen LogP contribution in [0.4, 0.5) is 0 Å². The molecule has 1 heterocycles. The zero-order chi connectivity index (χ0) is 17.2. The largest absolute Gasteiger partial charge is 0.475 e. The Kier molecular flexibility index (Phi) is 4.93. The second-order valence-electron chi connectivity index (χ2n) is 8.02. The summed E-state index contributed by atoms with van der Waals surface area (Å²) in [6.45, 7) is 7.11. The van der Waals surface area contributed by atoms with Crippen LogP contribution in [0.2, 0.25) is 0 Å². The number of nitrogens with one attached hydrogen (secondary N) is 1. The molecule has 1 amide bonds. The molecule has 3 rings (SSSR count). The van der Waals surface area contributed by atoms with Crippen molar-refractivity contribution in [2.75, 3.05) is 6.61 Å². The average Bonchev–Trinajstić information content (AvgIpc) is 3.06. The predicted molar refractivity (Wildman–Crippen MR) is 96.5 cm³/mol. The minimum atomic E-state index is 0.00900. The molecule has 1 N–H and O–H groups in total. The number of carbonyl (C=O) groups excluding carboxylic acids is 1. The van der Waals surface area contributed by atoms with Gasteiger partial charge in [0.05, 0.1) is 6.04 Å². The highest BCUT2D eigenvalue weighted by Crippen LogP contribution is 2.27. The van der Waals surface area contributed by atoms with Gasteiger partial charge in [0, 0.05) is 17.2 Å². The molecule has 0 aromatic heterocycles. The SMILES string of the molecule is CC(C)(C)[C@H]1COC(c2cccc(C(=O)NC3CCCCC3)c2)=N1. The van der Waals surface area contributed by atoms with Crippen molar-refractivity contribution in [2.45, 2.75) is 65.0 Å². The van der Waals surface area contributed by atoms with Gasteiger partial charge >= 0.3 is 0 Å². The molecule has 0 unspecified atom stereocenters. The first-order valence-corrected chi connectivity index (χ1v) is 9.05. The van der Waals surface area contributed by atoms with Gasteiger partial charge in [-0.3, -0.25) is 4.79 Å². The molecule has 1 atom stereocenters. The van der Waals surface area contributed by atoms with Crippen LogP contribution in [0.25, 0.3) is 0 Å². The Labute approximate surface area is 144 Å². The van der Waals surface area contributed by atoms with Crippen molar-refractivity contribution < 1.29 is 9.53 Å². The fraction of sp³-hybridized carbons (Fsp3) is 0.600. The number of amides is 1. The highest BCUT2D eigenvalue weighted by atomic mass is 16.5. The summed E-state index contributed by atoms with van der Waals surface area (Å²) >= 11 is 0. The minimum Gasteiger partial charge on any atom is -0.475 e. The minimum absolute atomic E-state index is 0.00900. The van der Waals surface area contributed by atoms with Crippen LogP contribution in [-0.4, -0.2) is 30.5 Å². The fourth-order valence-corrected chi connectivity index (χ4v) is 3.28. The Morgan fingerprint density at radius 2 is 1.96 bits per heavy atom. The van der Waals surface area contributed by atoms with Gasteiger partial charge in [-0.05, 0) is 36.5 Å². The topological polar surface area (TPSA) is 50.7 Å². The maximum atomic E-state index is 12.5. The lowest BCUT2D eigenvalue weighted by Crippen LogP contribution is -2.36. The van der Waals surface area contributed by atoms with E-state index in [1.165, 1.54) is 19.3 Å². The van der Waals surface area contributed by atoms with Crippen molar-refractivity contribution in [3.63, 3.8) is 0 Å². The van der Waals surface area contributed by atoms with E-state index in [4.69, 9.17) is 9.73 Å². The highest BCUT2D eigenvalue weighted by Gasteiger charge is 2.30. The lowest BCUT2D eigenvalue weighted by molar-refractivity contribution is 0.0927. The lowest BCUT2D eigenvalue weighted by Gasteiger charge is -2.22. The van der Waals surface area contributed by atoms with E-state index in [-0.39, 0.29) is 17.4 Å². The maximum absolute atomic E-state index is 12.5. The van der Waals surface area contributed by atoms with Crippen LogP contribution in [0, 0.1) is 5.41 Å². The summed E-state index contributed by atoms with van der Waals surface area (Å²) < 4.78 is 5.78. The lowest BCUT2D eigenvalue weighted by atomic mass is 9.88. The molecule has 1 aliphatic carbocycles. The molecule has 24 heavy (non-hydrogen) atoms. The van der Waals surface area contributed by atoms with E-state index >= 15 is 0 Å². The van der Waals surface area contributed by atoms with Crippen molar-refractivity contribution in [2.24, 2.45) is 10.4 Å². The quantitative estimate of drug-likeness (QED) is 0.913. The Balaban J connectivity index is 1.71. The van der Waals surface area contributed by atoms with Gasteiger partial charge in [-0.1, -0.05) is 46.1 Å². The molecule has 0 radical (unpaired) electrons. The summed E-state index contributed by atoms with van der Waals surface area (Å²) in [5.41, 5.74) is 1.65. The van der Waals surface area contributed by atoms with E-state index in [0.717, 1.165) is 18.4 Å². The molecule has 0 saturated heterocycles. The third-order valence-electron chi connectivity index (χ3n) is 4.96. The van der Waals surface area contributed by atoms with Crippen LogP contribution in [0.1, 0.15) is 68.8 Å². The number of aliphatic imine (C=N–C) groups is 1. The zero-order valence-corrected chi connectivity index (χ0v) is 15.0. The second-order valence-corrected chi connectivity index (χ2v) is 8.02. The first kappa shape index (κ1) is 17.0. The Morgan fingerprint density at radius 3 is 2.62 bits per heavy atom. The molecule has 1 aliphatic heterocycles. The third kappa shape index (κ3) is 3.97. The van der Waals surface area contributed by atoms with Crippen LogP contribution < -0.4 is 5.32 Å². The Hall–Kier alpha value is -1.84. The van der Waals surface area contributed by atoms with Gasteiger partial charge < -0.3 is 10.1 Å². The third-order valence-corrected chi connectivity index (χ3v) is 4.96. The fourth-order valence-electron chi connectivity index (χ4n) is 3.28. The number of hydrogen-bond acceptors (Lipinski definition) is 3. The number of hydrogen-bond donors (Lipinski definition) is 1. The maximum Gasteiger partial charge on any atom is 0.251 e. The van der Waals surface area contributed by atoms with Crippen molar-refractivity contribution in [3.8, 4) is 0 Å². The summed E-state index contributed by atoms with van der Waals surface area (Å²) in [7, 11) is 0. The van der Waals surface area contributed by atoms with E-state index < -0.39 is 0 Å². The van der Waals surface area contributed by atoms with E-state index in [1.807, 2.05) is 24.3 Å². The molecule has 4 heteroatoms. The summed E-state index contributed by atoms with van der Waals surface area (Å²) in [6.07, 6.45) is 5.89. The van der Waals surface area contributed by atoms with Crippen molar-refractivity contribution >= 4 is 11.8 Å². The standard InChI is InChI=1S/C20H28N2O2/c1-20(2,3)17-13-24-19(22-17)15-9-7-8-14(12-15)18(23)21-16-10-5-4-6-11-16/h7-9,12,16-17H,4-6,10-11,13H2,1-3H3,(H,21,23)/t17-/m1/s1. The van der Waals surface area contributed by atoms with Gasteiger partial charge in [0.25, 0.3) is 5.91 Å². The molecule has 0 spiro atoms. The summed E-state index contributed by atoms with van der Waals surface area (Å²) in [6, 6.07) is 8.09. The zero-order valence-electron chi connectivity index (χ0n) is 15.0. The molecule has 130 valence electrons. The van der Waals surface area contributed by atoms with E-state index in [2.05, 4.69) is 26.1 Å². The van der Waals surface area contributed by atoms with Gasteiger partial charge in [0.1, 0.15) is 6.61 Å². The van der Waals surface area contributed by atoms with E-state index in [1.54, 1.807) is 0 Å². The average molecular weight is 328 g/mol. The van der Waals surface area contributed by atoms with Crippen molar-refractivity contribution in [3.05, 3.63) is 35.4 Å². The van der Waals surface area contributed by atoms with Crippen LogP contribution >= 0.6 is 0 Å². The monoisotopic (exact) mass is 328 g/mol. The molecule has 1 fully saturated rings. The molecule has 1 aromatic carbocycles. The Morgan fingerprint density at radius 1 is 1.21 bits per heavy atom. The number of rotatable bonds is 3. The van der Waals surface area contributed by atoms with Gasteiger partial charge in [-0.2, -0.15) is 0 Å². The molecule has 4 nitrogen and oxygen atoms in total. The normalized spacial score (nSPS) is 22.0. The van der Waals surface area contributed by atoms with Crippen LogP contribution in [-0.2, 0) is 4.74 Å². The highest BCUT2D eigenvalue weighted by molar-refractivity contribution is 6.00. The van der Waals surface area contributed by atoms with Gasteiger partial charge in [-0.15, -0.1) is 0 Å². The first-order chi connectivity index (χ1) is 11.4. The molecule has 1 aromatic rings. The first-order valence-electron chi connectivity index (χ1n) is 9.05. The van der Waals surface area contributed by atoms with E-state index in [9.17, 15) is 4.79 Å². The summed E-state index contributed by atoms with van der Waals surface area (Å²) in [5.74, 6) is 0.664. The number of nitrogens with zero attached hydrogens (tertiary/aromatic N) is 1. The van der Waals surface area contributed by atoms with Crippen LogP contribution in [0.15, 0.2) is 29.3 Å². The second kappa shape index (κ2) is 6.96. The summed E-state index contributed by atoms with van der Waals surface area (Å²) in [4.78, 5) is 17.2. The van der Waals surface area contributed by atoms with E-state index in [0.29, 0.717) is 24.1 Å². The number of carbonyl (C=O) groups is 1. The Bertz CT molecular complexity index is 625. The van der Waals surface area contributed by atoms with Crippen LogP contribution in [0.5, 0.6) is 0 Å². The van der Waals surface area contributed by atoms with Crippen molar-refractivity contribution in [1.29, 1.82) is 0 Å². The van der Waals surface area contributed by atoms with Crippen LogP contribution in [0.3, 0.4) is 0 Å². The van der Waals surface area contributed by atoms with Crippen molar-refractivity contribution in [1.82, 2.24) is 5.32 Å². The molecular formula is C20H28N2O2. The molecular weight excluding hydrogens is 300 g/mol. The molecule has 2 aliphatic rings. The summed E-state index contributed by atoms with van der Waals surface area (Å²) in [5, 5.41) is 3.17. The number of ether oxygens (including phenoxy) is 1. The smallest absolute Gasteiger partial charge is 0.251 e. The molecule has 1 saturated carbocycles. The van der Waals surface area contributed by atoms with Gasteiger partial charge in [0.15, 0.2) is 0 Å². The van der Waals surface area contributed by atoms with Gasteiger partial charge in [-0.25, -0.2) is 4.99 Å².